The molecule has 138 valence electrons. The molecule has 1 saturated heterocycles. The maximum atomic E-state index is 13.0. The van der Waals surface area contributed by atoms with Crippen LogP contribution in [0.2, 0.25) is 0 Å². The number of ether oxygens (including phenoxy) is 1. The highest BCUT2D eigenvalue weighted by atomic mass is 32.1. The van der Waals surface area contributed by atoms with Crippen molar-refractivity contribution in [3.8, 4) is 0 Å². The number of hydrogen-bond acceptors (Lipinski definition) is 5. The van der Waals surface area contributed by atoms with E-state index in [1.165, 1.54) is 16.9 Å². The first kappa shape index (κ1) is 18.6. The Morgan fingerprint density at radius 3 is 2.81 bits per heavy atom. The van der Waals surface area contributed by atoms with Crippen molar-refractivity contribution >= 4 is 23.2 Å². The number of benzene rings is 1. The topological polar surface area (TPSA) is 59.5 Å². The van der Waals surface area contributed by atoms with Crippen LogP contribution in [0.5, 0.6) is 0 Å². The summed E-state index contributed by atoms with van der Waals surface area (Å²) in [7, 11) is 0. The van der Waals surface area contributed by atoms with Gasteiger partial charge in [0, 0.05) is 19.5 Å². The van der Waals surface area contributed by atoms with Crippen molar-refractivity contribution < 1.29 is 14.3 Å². The van der Waals surface area contributed by atoms with Gasteiger partial charge in [0.1, 0.15) is 4.88 Å². The fourth-order valence-electron chi connectivity index (χ4n) is 3.25. The van der Waals surface area contributed by atoms with Crippen LogP contribution in [0.25, 0.3) is 0 Å². The van der Waals surface area contributed by atoms with E-state index in [0.717, 1.165) is 30.0 Å². The Balaban J connectivity index is 1.70. The molecule has 2 aromatic rings. The number of piperidine rings is 1. The quantitative estimate of drug-likeness (QED) is 0.754. The second kappa shape index (κ2) is 8.45. The SMILES string of the molecule is CCOC(=O)C1CCCN(C(=O)c2sc(Cc3ccccc3)nc2C)C1. The molecule has 0 radical (unpaired) electrons. The largest absolute Gasteiger partial charge is 0.466 e. The molecule has 1 aliphatic rings. The highest BCUT2D eigenvalue weighted by Gasteiger charge is 2.31. The summed E-state index contributed by atoms with van der Waals surface area (Å²) >= 11 is 1.46. The molecule has 26 heavy (non-hydrogen) atoms. The highest BCUT2D eigenvalue weighted by Crippen LogP contribution is 2.25. The molecule has 1 aliphatic heterocycles. The van der Waals surface area contributed by atoms with Gasteiger partial charge in [-0.3, -0.25) is 9.59 Å². The highest BCUT2D eigenvalue weighted by molar-refractivity contribution is 7.13. The Kier molecular flexibility index (Phi) is 6.04. The minimum Gasteiger partial charge on any atom is -0.466 e. The van der Waals surface area contributed by atoms with E-state index in [4.69, 9.17) is 4.74 Å². The van der Waals surface area contributed by atoms with Gasteiger partial charge in [-0.25, -0.2) is 4.98 Å². The van der Waals surface area contributed by atoms with Gasteiger partial charge in [0.15, 0.2) is 0 Å². The molecule has 6 heteroatoms. The average molecular weight is 372 g/mol. The molecule has 0 aliphatic carbocycles. The first-order chi connectivity index (χ1) is 12.6. The predicted molar refractivity (Wildman–Crippen MR) is 101 cm³/mol. The number of nitrogens with zero attached hydrogens (tertiary/aromatic N) is 2. The van der Waals surface area contributed by atoms with Crippen LogP contribution >= 0.6 is 11.3 Å². The number of amides is 1. The first-order valence-electron chi connectivity index (χ1n) is 9.04. The number of aryl methyl sites for hydroxylation is 1. The average Bonchev–Trinajstić information content (AvgIpc) is 3.02. The van der Waals surface area contributed by atoms with E-state index in [0.29, 0.717) is 24.6 Å². The van der Waals surface area contributed by atoms with Crippen LogP contribution in [0.1, 0.15) is 45.7 Å². The summed E-state index contributed by atoms with van der Waals surface area (Å²) < 4.78 is 5.12. The maximum Gasteiger partial charge on any atom is 0.310 e. The van der Waals surface area contributed by atoms with Gasteiger partial charge in [-0.1, -0.05) is 30.3 Å². The van der Waals surface area contributed by atoms with Gasteiger partial charge in [-0.2, -0.15) is 0 Å². The molecule has 1 aromatic heterocycles. The number of carbonyl (C=O) groups is 2. The fraction of sp³-hybridized carbons (Fsp3) is 0.450. The molecule has 3 rings (SSSR count). The lowest BCUT2D eigenvalue weighted by Crippen LogP contribution is -2.42. The van der Waals surface area contributed by atoms with Gasteiger partial charge in [0.05, 0.1) is 23.2 Å². The van der Waals surface area contributed by atoms with Crippen molar-refractivity contribution in [2.45, 2.75) is 33.1 Å². The normalized spacial score (nSPS) is 17.2. The van der Waals surface area contributed by atoms with E-state index in [2.05, 4.69) is 17.1 Å². The van der Waals surface area contributed by atoms with Gasteiger partial charge in [-0.15, -0.1) is 11.3 Å². The number of esters is 1. The Bertz CT molecular complexity index is 773. The summed E-state index contributed by atoms with van der Waals surface area (Å²) in [6, 6.07) is 10.1. The summed E-state index contributed by atoms with van der Waals surface area (Å²) in [6.07, 6.45) is 2.33. The third kappa shape index (κ3) is 4.30. The van der Waals surface area contributed by atoms with Crippen molar-refractivity contribution in [2.75, 3.05) is 19.7 Å². The van der Waals surface area contributed by atoms with Crippen molar-refractivity contribution in [3.05, 3.63) is 51.5 Å². The Labute approximate surface area is 158 Å². The lowest BCUT2D eigenvalue weighted by Gasteiger charge is -2.31. The molecule has 1 aromatic carbocycles. The van der Waals surface area contributed by atoms with Crippen molar-refractivity contribution in [1.82, 2.24) is 9.88 Å². The molecular formula is C20H24N2O3S. The van der Waals surface area contributed by atoms with E-state index in [1.807, 2.05) is 25.1 Å². The smallest absolute Gasteiger partial charge is 0.310 e. The van der Waals surface area contributed by atoms with Crippen LogP contribution in [0.3, 0.4) is 0 Å². The van der Waals surface area contributed by atoms with Crippen molar-refractivity contribution in [2.24, 2.45) is 5.92 Å². The zero-order valence-corrected chi connectivity index (χ0v) is 16.1. The molecule has 0 spiro atoms. The number of thiazole rings is 1. The number of rotatable bonds is 5. The van der Waals surface area contributed by atoms with Crippen molar-refractivity contribution in [1.29, 1.82) is 0 Å². The molecule has 1 fully saturated rings. The lowest BCUT2D eigenvalue weighted by atomic mass is 9.98. The second-order valence-corrected chi connectivity index (χ2v) is 7.61. The molecule has 0 N–H and O–H groups in total. The standard InChI is InChI=1S/C20H24N2O3S/c1-3-25-20(24)16-10-7-11-22(13-16)19(23)18-14(2)21-17(26-18)12-15-8-5-4-6-9-15/h4-6,8-9,16H,3,7,10-13H2,1-2H3. The van der Waals surface area contributed by atoms with Crippen molar-refractivity contribution in [3.63, 3.8) is 0 Å². The molecular weight excluding hydrogens is 348 g/mol. The van der Waals surface area contributed by atoms with E-state index >= 15 is 0 Å². The number of hydrogen-bond donors (Lipinski definition) is 0. The zero-order valence-electron chi connectivity index (χ0n) is 15.2. The van der Waals surface area contributed by atoms with Gasteiger partial charge in [-0.05, 0) is 32.3 Å². The van der Waals surface area contributed by atoms with Crippen LogP contribution < -0.4 is 0 Å². The molecule has 0 saturated carbocycles. The summed E-state index contributed by atoms with van der Waals surface area (Å²) in [4.78, 5) is 32.0. The van der Waals surface area contributed by atoms with E-state index in [9.17, 15) is 9.59 Å². The zero-order chi connectivity index (χ0) is 18.5. The lowest BCUT2D eigenvalue weighted by molar-refractivity contribution is -0.149. The van der Waals surface area contributed by atoms with Gasteiger partial charge in [0.25, 0.3) is 5.91 Å². The second-order valence-electron chi connectivity index (χ2n) is 6.53. The van der Waals surface area contributed by atoms with Crippen LogP contribution in [-0.2, 0) is 16.0 Å². The van der Waals surface area contributed by atoms with Gasteiger partial charge >= 0.3 is 5.97 Å². The molecule has 1 unspecified atom stereocenters. The van der Waals surface area contributed by atoms with Crippen LogP contribution in [0, 0.1) is 12.8 Å². The molecule has 0 bridgehead atoms. The van der Waals surface area contributed by atoms with Crippen LogP contribution in [0.15, 0.2) is 30.3 Å². The maximum absolute atomic E-state index is 13.0. The predicted octanol–water partition coefficient (Wildman–Crippen LogP) is 3.46. The van der Waals surface area contributed by atoms with Gasteiger partial charge in [0.2, 0.25) is 0 Å². The third-order valence-corrected chi connectivity index (χ3v) is 5.71. The molecule has 5 nitrogen and oxygen atoms in total. The van der Waals surface area contributed by atoms with E-state index in [1.54, 1.807) is 11.8 Å². The monoisotopic (exact) mass is 372 g/mol. The van der Waals surface area contributed by atoms with Crippen LogP contribution in [-0.4, -0.2) is 41.5 Å². The third-order valence-electron chi connectivity index (χ3n) is 4.56. The minimum absolute atomic E-state index is 0.0201. The van der Waals surface area contributed by atoms with E-state index in [-0.39, 0.29) is 17.8 Å². The Morgan fingerprint density at radius 2 is 2.08 bits per heavy atom. The number of aromatic nitrogens is 1. The number of carbonyl (C=O) groups excluding carboxylic acids is 2. The fourth-order valence-corrected chi connectivity index (χ4v) is 4.32. The molecule has 2 heterocycles. The minimum atomic E-state index is -0.218. The summed E-state index contributed by atoms with van der Waals surface area (Å²) in [5, 5.41) is 0.941. The summed E-state index contributed by atoms with van der Waals surface area (Å²) in [5.41, 5.74) is 1.95. The Hall–Kier alpha value is -2.21. The Morgan fingerprint density at radius 1 is 1.31 bits per heavy atom. The van der Waals surface area contributed by atoms with Gasteiger partial charge < -0.3 is 9.64 Å². The van der Waals surface area contributed by atoms with E-state index < -0.39 is 0 Å². The van der Waals surface area contributed by atoms with Crippen LogP contribution in [0.4, 0.5) is 0 Å². The molecule has 1 atom stereocenters. The molecule has 1 amide bonds. The summed E-state index contributed by atoms with van der Waals surface area (Å²) in [6.45, 7) is 5.17. The summed E-state index contributed by atoms with van der Waals surface area (Å²) in [5.74, 6) is -0.436. The number of likely N-dealkylation sites (tertiary alicyclic amines) is 1. The first-order valence-corrected chi connectivity index (χ1v) is 9.86.